The Bertz CT molecular complexity index is 318. The quantitative estimate of drug-likeness (QED) is 0.757. The van der Waals surface area contributed by atoms with Gasteiger partial charge in [0, 0.05) is 16.7 Å². The van der Waals surface area contributed by atoms with Crippen molar-refractivity contribution in [2.24, 2.45) is 0 Å². The van der Waals surface area contributed by atoms with Crippen LogP contribution >= 0.6 is 15.9 Å². The minimum Gasteiger partial charge on any atom is -0.394 e. The van der Waals surface area contributed by atoms with Gasteiger partial charge in [-0.15, -0.1) is 0 Å². The third-order valence-corrected chi connectivity index (χ3v) is 2.74. The van der Waals surface area contributed by atoms with E-state index in [1.54, 1.807) is 0 Å². The predicted molar refractivity (Wildman–Crippen MR) is 69.9 cm³/mol. The van der Waals surface area contributed by atoms with E-state index >= 15 is 0 Å². The summed E-state index contributed by atoms with van der Waals surface area (Å²) < 4.78 is 6.28. The van der Waals surface area contributed by atoms with Crippen LogP contribution in [0, 0.1) is 0 Å². The van der Waals surface area contributed by atoms with Crippen molar-refractivity contribution in [3.8, 4) is 0 Å². The zero-order valence-corrected chi connectivity index (χ0v) is 11.1. The molecule has 2 N–H and O–H groups in total. The van der Waals surface area contributed by atoms with E-state index in [9.17, 15) is 0 Å². The van der Waals surface area contributed by atoms with Crippen molar-refractivity contribution in [1.29, 1.82) is 0 Å². The third kappa shape index (κ3) is 4.51. The Morgan fingerprint density at radius 3 is 2.88 bits per heavy atom. The molecule has 0 aliphatic heterocycles. The smallest absolute Gasteiger partial charge is 0.0698 e. The van der Waals surface area contributed by atoms with Gasteiger partial charge in [-0.05, 0) is 30.2 Å². The highest BCUT2D eigenvalue weighted by Gasteiger charge is 2.00. The largest absolute Gasteiger partial charge is 0.394 e. The molecular weight excluding hydrogens is 270 g/mol. The lowest BCUT2D eigenvalue weighted by Gasteiger charge is -2.11. The van der Waals surface area contributed by atoms with Gasteiger partial charge in [0.1, 0.15) is 0 Å². The van der Waals surface area contributed by atoms with E-state index in [0.29, 0.717) is 13.2 Å². The van der Waals surface area contributed by atoms with Gasteiger partial charge in [-0.1, -0.05) is 22.9 Å². The van der Waals surface area contributed by atoms with E-state index in [4.69, 9.17) is 9.84 Å². The Labute approximate surface area is 105 Å². The molecule has 0 fully saturated rings. The topological polar surface area (TPSA) is 41.5 Å². The van der Waals surface area contributed by atoms with E-state index in [1.165, 1.54) is 5.56 Å². The lowest BCUT2D eigenvalue weighted by atomic mass is 10.1. The second kappa shape index (κ2) is 7.65. The number of aryl methyl sites for hydroxylation is 1. The van der Waals surface area contributed by atoms with Gasteiger partial charge in [0.05, 0.1) is 19.8 Å². The molecular formula is C12H18BrNO2. The number of nitrogens with one attached hydrogen (secondary N) is 1. The van der Waals surface area contributed by atoms with Crippen LogP contribution in [0.25, 0.3) is 0 Å². The number of benzene rings is 1. The highest BCUT2D eigenvalue weighted by Crippen LogP contribution is 2.21. The van der Waals surface area contributed by atoms with Crippen LogP contribution in [0.15, 0.2) is 22.7 Å². The first-order chi connectivity index (χ1) is 7.77. The Kier molecular flexibility index (Phi) is 6.45. The molecule has 1 aromatic rings. The van der Waals surface area contributed by atoms with Crippen molar-refractivity contribution < 1.29 is 9.84 Å². The fourth-order valence-electron chi connectivity index (χ4n) is 1.45. The van der Waals surface area contributed by atoms with Gasteiger partial charge in [0.15, 0.2) is 0 Å². The number of aliphatic hydroxyl groups is 1. The number of rotatable bonds is 7. The summed E-state index contributed by atoms with van der Waals surface area (Å²) in [6, 6.07) is 6.21. The Morgan fingerprint density at radius 1 is 1.38 bits per heavy atom. The lowest BCUT2D eigenvalue weighted by Crippen LogP contribution is -2.12. The van der Waals surface area contributed by atoms with Gasteiger partial charge in [0.25, 0.3) is 0 Å². The molecule has 4 heteroatoms. The van der Waals surface area contributed by atoms with Crippen molar-refractivity contribution in [3.63, 3.8) is 0 Å². The SMILES string of the molecule is CCc1cc(Br)ccc1NCCOCCO. The molecule has 0 aliphatic rings. The minimum atomic E-state index is 0.0818. The molecule has 0 aromatic heterocycles. The predicted octanol–water partition coefficient (Wildman–Crippen LogP) is 2.43. The Balaban J connectivity index is 2.41. The fourth-order valence-corrected chi connectivity index (χ4v) is 1.86. The average Bonchev–Trinajstić information content (AvgIpc) is 2.30. The average molecular weight is 288 g/mol. The molecule has 1 aromatic carbocycles. The second-order valence-corrected chi connectivity index (χ2v) is 4.33. The summed E-state index contributed by atoms with van der Waals surface area (Å²) in [6.07, 6.45) is 0.999. The van der Waals surface area contributed by atoms with Gasteiger partial charge < -0.3 is 15.2 Å². The molecule has 3 nitrogen and oxygen atoms in total. The summed E-state index contributed by atoms with van der Waals surface area (Å²) in [4.78, 5) is 0. The molecule has 0 aliphatic carbocycles. The standard InChI is InChI=1S/C12H18BrNO2/c1-2-10-9-11(13)3-4-12(10)14-5-7-16-8-6-15/h3-4,9,14-15H,2,5-8H2,1H3. The summed E-state index contributed by atoms with van der Waals surface area (Å²) in [5.41, 5.74) is 2.44. The third-order valence-electron chi connectivity index (χ3n) is 2.25. The second-order valence-electron chi connectivity index (χ2n) is 3.42. The number of ether oxygens (including phenoxy) is 1. The maximum absolute atomic E-state index is 8.54. The highest BCUT2D eigenvalue weighted by molar-refractivity contribution is 9.10. The Morgan fingerprint density at radius 2 is 2.19 bits per heavy atom. The van der Waals surface area contributed by atoms with Gasteiger partial charge >= 0.3 is 0 Å². The number of anilines is 1. The molecule has 0 saturated carbocycles. The van der Waals surface area contributed by atoms with Crippen molar-refractivity contribution in [1.82, 2.24) is 0 Å². The lowest BCUT2D eigenvalue weighted by molar-refractivity contribution is 0.0992. The zero-order valence-electron chi connectivity index (χ0n) is 9.50. The van der Waals surface area contributed by atoms with Gasteiger partial charge in [-0.25, -0.2) is 0 Å². The number of aliphatic hydroxyl groups excluding tert-OH is 1. The first-order valence-corrected chi connectivity index (χ1v) is 6.28. The van der Waals surface area contributed by atoms with Gasteiger partial charge in [0.2, 0.25) is 0 Å². The molecule has 16 heavy (non-hydrogen) atoms. The normalized spacial score (nSPS) is 10.4. The van der Waals surface area contributed by atoms with Gasteiger partial charge in [-0.3, -0.25) is 0 Å². The number of hydrogen-bond donors (Lipinski definition) is 2. The summed E-state index contributed by atoms with van der Waals surface area (Å²) in [5, 5.41) is 11.9. The van der Waals surface area contributed by atoms with Crippen molar-refractivity contribution in [3.05, 3.63) is 28.2 Å². The van der Waals surface area contributed by atoms with Crippen LogP contribution < -0.4 is 5.32 Å². The highest BCUT2D eigenvalue weighted by atomic mass is 79.9. The molecule has 90 valence electrons. The van der Waals surface area contributed by atoms with Crippen molar-refractivity contribution >= 4 is 21.6 Å². The maximum atomic E-state index is 8.54. The summed E-state index contributed by atoms with van der Waals surface area (Å²) >= 11 is 3.46. The van der Waals surface area contributed by atoms with E-state index in [0.717, 1.165) is 23.1 Å². The monoisotopic (exact) mass is 287 g/mol. The number of halogens is 1. The van der Waals surface area contributed by atoms with Gasteiger partial charge in [-0.2, -0.15) is 0 Å². The van der Waals surface area contributed by atoms with Crippen LogP contribution in [-0.2, 0) is 11.2 Å². The first-order valence-electron chi connectivity index (χ1n) is 5.48. The molecule has 0 atom stereocenters. The van der Waals surface area contributed by atoms with Crippen LogP contribution in [-0.4, -0.2) is 31.5 Å². The summed E-state index contributed by atoms with van der Waals surface area (Å²) in [6.45, 7) is 3.99. The van der Waals surface area contributed by atoms with E-state index in [2.05, 4.69) is 40.3 Å². The molecule has 0 unspecified atom stereocenters. The van der Waals surface area contributed by atoms with Crippen LogP contribution in [0.5, 0.6) is 0 Å². The van der Waals surface area contributed by atoms with Crippen LogP contribution in [0.4, 0.5) is 5.69 Å². The van der Waals surface area contributed by atoms with Crippen LogP contribution in [0.3, 0.4) is 0 Å². The van der Waals surface area contributed by atoms with E-state index in [-0.39, 0.29) is 6.61 Å². The van der Waals surface area contributed by atoms with Crippen LogP contribution in [0.2, 0.25) is 0 Å². The van der Waals surface area contributed by atoms with E-state index in [1.807, 2.05) is 6.07 Å². The van der Waals surface area contributed by atoms with Crippen molar-refractivity contribution in [2.75, 3.05) is 31.7 Å². The summed E-state index contributed by atoms with van der Waals surface area (Å²) in [7, 11) is 0. The fraction of sp³-hybridized carbons (Fsp3) is 0.500. The molecule has 0 radical (unpaired) electrons. The molecule has 0 heterocycles. The molecule has 1 rings (SSSR count). The zero-order chi connectivity index (χ0) is 11.8. The van der Waals surface area contributed by atoms with E-state index < -0.39 is 0 Å². The minimum absolute atomic E-state index is 0.0818. The molecule has 0 saturated heterocycles. The molecule has 0 amide bonds. The number of hydrogen-bond acceptors (Lipinski definition) is 3. The van der Waals surface area contributed by atoms with Crippen molar-refractivity contribution in [2.45, 2.75) is 13.3 Å². The Hall–Kier alpha value is -0.580. The molecule has 0 spiro atoms. The summed E-state index contributed by atoms with van der Waals surface area (Å²) in [5.74, 6) is 0. The first kappa shape index (κ1) is 13.5. The molecule has 0 bridgehead atoms. The maximum Gasteiger partial charge on any atom is 0.0698 e. The van der Waals surface area contributed by atoms with Crippen LogP contribution in [0.1, 0.15) is 12.5 Å².